The number of ether oxygens (including phenoxy) is 1. The number of halogens is 1. The van der Waals surface area contributed by atoms with Crippen molar-refractivity contribution >= 4 is 5.97 Å². The molecule has 17 heavy (non-hydrogen) atoms. The van der Waals surface area contributed by atoms with Crippen LogP contribution >= 0.6 is 0 Å². The quantitative estimate of drug-likeness (QED) is 0.875. The first-order valence-corrected chi connectivity index (χ1v) is 5.53. The molecule has 1 fully saturated rings. The third-order valence-electron chi connectivity index (χ3n) is 3.50. The van der Waals surface area contributed by atoms with E-state index in [1.165, 1.54) is 13.2 Å². The molecule has 1 unspecified atom stereocenters. The predicted molar refractivity (Wildman–Crippen MR) is 60.5 cm³/mol. The van der Waals surface area contributed by atoms with Crippen LogP contribution in [0.3, 0.4) is 0 Å². The number of carboxylic acids is 1. The van der Waals surface area contributed by atoms with Crippen LogP contribution in [0.2, 0.25) is 0 Å². The zero-order chi connectivity index (χ0) is 12.6. The molecule has 2 rings (SSSR count). The number of aryl methyl sites for hydroxylation is 1. The first kappa shape index (κ1) is 12.0. The van der Waals surface area contributed by atoms with Gasteiger partial charge in [0.2, 0.25) is 0 Å². The van der Waals surface area contributed by atoms with Crippen LogP contribution in [0, 0.1) is 12.7 Å². The highest BCUT2D eigenvalue weighted by Gasteiger charge is 2.54. The fourth-order valence-electron chi connectivity index (χ4n) is 2.30. The summed E-state index contributed by atoms with van der Waals surface area (Å²) in [5, 5.41) is 9.12. The van der Waals surface area contributed by atoms with Crippen LogP contribution in [-0.2, 0) is 14.9 Å². The SMILES string of the molecule is COC(C(=O)O)C1(c2ccc(C)c(F)c2)CC1. The summed E-state index contributed by atoms with van der Waals surface area (Å²) in [7, 11) is 1.38. The summed E-state index contributed by atoms with van der Waals surface area (Å²) < 4.78 is 18.6. The molecule has 0 radical (unpaired) electrons. The van der Waals surface area contributed by atoms with E-state index in [0.29, 0.717) is 5.56 Å². The van der Waals surface area contributed by atoms with Gasteiger partial charge in [0.15, 0.2) is 6.10 Å². The monoisotopic (exact) mass is 238 g/mol. The van der Waals surface area contributed by atoms with E-state index in [9.17, 15) is 9.18 Å². The summed E-state index contributed by atoms with van der Waals surface area (Å²) in [6.45, 7) is 1.68. The summed E-state index contributed by atoms with van der Waals surface area (Å²) in [6.07, 6.45) is 0.547. The van der Waals surface area contributed by atoms with Gasteiger partial charge in [-0.25, -0.2) is 9.18 Å². The second-order valence-corrected chi connectivity index (χ2v) is 4.57. The van der Waals surface area contributed by atoms with Crippen molar-refractivity contribution < 1.29 is 19.0 Å². The molecule has 3 nitrogen and oxygen atoms in total. The molecular formula is C13H15FO3. The average molecular weight is 238 g/mol. The molecule has 0 amide bonds. The van der Waals surface area contributed by atoms with Gasteiger partial charge in [0, 0.05) is 12.5 Å². The first-order valence-electron chi connectivity index (χ1n) is 5.53. The maximum Gasteiger partial charge on any atom is 0.333 e. The highest BCUT2D eigenvalue weighted by atomic mass is 19.1. The summed E-state index contributed by atoms with van der Waals surface area (Å²) in [6, 6.07) is 4.90. The lowest BCUT2D eigenvalue weighted by Crippen LogP contribution is -2.35. The minimum absolute atomic E-state index is 0.297. The molecule has 1 N–H and O–H groups in total. The first-order chi connectivity index (χ1) is 8.01. The van der Waals surface area contributed by atoms with Gasteiger partial charge < -0.3 is 9.84 Å². The Balaban J connectivity index is 2.38. The Morgan fingerprint density at radius 3 is 2.59 bits per heavy atom. The van der Waals surface area contributed by atoms with Crippen LogP contribution < -0.4 is 0 Å². The van der Waals surface area contributed by atoms with Crippen molar-refractivity contribution in [2.75, 3.05) is 7.11 Å². The number of aliphatic carboxylic acids is 1. The zero-order valence-corrected chi connectivity index (χ0v) is 9.87. The highest BCUT2D eigenvalue weighted by Crippen LogP contribution is 2.52. The number of hydrogen-bond acceptors (Lipinski definition) is 2. The maximum atomic E-state index is 13.5. The molecule has 0 aromatic heterocycles. The van der Waals surface area contributed by atoms with E-state index in [0.717, 1.165) is 18.4 Å². The van der Waals surface area contributed by atoms with Crippen molar-refractivity contribution in [1.29, 1.82) is 0 Å². The van der Waals surface area contributed by atoms with E-state index in [-0.39, 0.29) is 5.82 Å². The molecule has 0 spiro atoms. The number of benzene rings is 1. The number of carbonyl (C=O) groups is 1. The second-order valence-electron chi connectivity index (χ2n) is 4.57. The van der Waals surface area contributed by atoms with E-state index >= 15 is 0 Å². The predicted octanol–water partition coefficient (Wildman–Crippen LogP) is 2.27. The van der Waals surface area contributed by atoms with Gasteiger partial charge in [0.25, 0.3) is 0 Å². The molecule has 92 valence electrons. The van der Waals surface area contributed by atoms with Crippen LogP contribution in [0.5, 0.6) is 0 Å². The lowest BCUT2D eigenvalue weighted by molar-refractivity contribution is -0.150. The van der Waals surface area contributed by atoms with Crippen LogP contribution in [-0.4, -0.2) is 24.3 Å². The van der Waals surface area contributed by atoms with Crippen molar-refractivity contribution in [3.05, 3.63) is 35.1 Å². The van der Waals surface area contributed by atoms with Gasteiger partial charge >= 0.3 is 5.97 Å². The Labute approximate surface area is 99.2 Å². The van der Waals surface area contributed by atoms with Crippen LogP contribution in [0.15, 0.2) is 18.2 Å². The summed E-state index contributed by atoms with van der Waals surface area (Å²) in [5.41, 5.74) is 0.735. The molecule has 1 aliphatic rings. The molecule has 0 aliphatic heterocycles. The topological polar surface area (TPSA) is 46.5 Å². The van der Waals surface area contributed by atoms with E-state index < -0.39 is 17.5 Å². The zero-order valence-electron chi connectivity index (χ0n) is 9.87. The standard InChI is InChI=1S/C13H15FO3/c1-8-3-4-9(7-10(8)14)13(5-6-13)11(17-2)12(15)16/h3-4,7,11H,5-6H2,1-2H3,(H,15,16). The molecule has 1 atom stereocenters. The molecule has 0 saturated heterocycles. The minimum atomic E-state index is -0.994. The van der Waals surface area contributed by atoms with Crippen molar-refractivity contribution in [3.63, 3.8) is 0 Å². The van der Waals surface area contributed by atoms with Crippen LogP contribution in [0.25, 0.3) is 0 Å². The molecule has 1 aromatic carbocycles. The summed E-state index contributed by atoms with van der Waals surface area (Å²) in [5.74, 6) is -1.29. The van der Waals surface area contributed by atoms with Gasteiger partial charge in [-0.05, 0) is 37.0 Å². The van der Waals surface area contributed by atoms with E-state index in [1.807, 2.05) is 0 Å². The van der Waals surface area contributed by atoms with Gasteiger partial charge in [-0.2, -0.15) is 0 Å². The number of hydrogen-bond donors (Lipinski definition) is 1. The van der Waals surface area contributed by atoms with Crippen molar-refractivity contribution in [2.45, 2.75) is 31.3 Å². The van der Waals surface area contributed by atoms with Crippen LogP contribution in [0.4, 0.5) is 4.39 Å². The lowest BCUT2D eigenvalue weighted by Gasteiger charge is -2.22. The molecule has 1 aromatic rings. The summed E-state index contributed by atoms with van der Waals surface area (Å²) in [4.78, 5) is 11.1. The molecule has 0 heterocycles. The Morgan fingerprint density at radius 1 is 1.53 bits per heavy atom. The van der Waals surface area contributed by atoms with Crippen molar-refractivity contribution in [2.24, 2.45) is 0 Å². The minimum Gasteiger partial charge on any atom is -0.479 e. The van der Waals surface area contributed by atoms with E-state index in [2.05, 4.69) is 0 Å². The third kappa shape index (κ3) is 1.93. The molecule has 1 aliphatic carbocycles. The Kier molecular flexibility index (Phi) is 2.91. The fraction of sp³-hybridized carbons (Fsp3) is 0.462. The van der Waals surface area contributed by atoms with Gasteiger partial charge in [0.1, 0.15) is 5.82 Å². The van der Waals surface area contributed by atoms with E-state index in [4.69, 9.17) is 9.84 Å². The Bertz CT molecular complexity index is 452. The van der Waals surface area contributed by atoms with Crippen molar-refractivity contribution in [1.82, 2.24) is 0 Å². The Hall–Kier alpha value is -1.42. The molecule has 0 bridgehead atoms. The van der Waals surface area contributed by atoms with Crippen LogP contribution in [0.1, 0.15) is 24.0 Å². The second kappa shape index (κ2) is 4.11. The largest absolute Gasteiger partial charge is 0.479 e. The Morgan fingerprint density at radius 2 is 2.18 bits per heavy atom. The number of carboxylic acid groups (broad SMARTS) is 1. The van der Waals surface area contributed by atoms with Gasteiger partial charge in [-0.3, -0.25) is 0 Å². The molecular weight excluding hydrogens is 223 g/mol. The summed E-state index contributed by atoms with van der Waals surface area (Å²) >= 11 is 0. The third-order valence-corrected chi connectivity index (χ3v) is 3.50. The van der Waals surface area contributed by atoms with Gasteiger partial charge in [-0.15, -0.1) is 0 Å². The fourth-order valence-corrected chi connectivity index (χ4v) is 2.30. The normalized spacial score (nSPS) is 18.8. The number of methoxy groups -OCH3 is 1. The highest BCUT2D eigenvalue weighted by molar-refractivity contribution is 5.76. The lowest BCUT2D eigenvalue weighted by atomic mass is 9.89. The van der Waals surface area contributed by atoms with Gasteiger partial charge in [0.05, 0.1) is 0 Å². The number of rotatable bonds is 4. The smallest absolute Gasteiger partial charge is 0.333 e. The van der Waals surface area contributed by atoms with Gasteiger partial charge in [-0.1, -0.05) is 12.1 Å². The van der Waals surface area contributed by atoms with Crippen molar-refractivity contribution in [3.8, 4) is 0 Å². The molecule has 1 saturated carbocycles. The molecule has 4 heteroatoms. The van der Waals surface area contributed by atoms with E-state index in [1.54, 1.807) is 19.1 Å². The average Bonchev–Trinajstić information content (AvgIpc) is 3.04. The maximum absolute atomic E-state index is 13.5.